The second kappa shape index (κ2) is 23.2. The Hall–Kier alpha value is -4.24. The minimum absolute atomic E-state index is 0. The van der Waals surface area contributed by atoms with Crippen LogP contribution < -0.4 is 23.7 Å². The summed E-state index contributed by atoms with van der Waals surface area (Å²) in [5, 5.41) is 8.86. The molecule has 0 amide bonds. The summed E-state index contributed by atoms with van der Waals surface area (Å²) in [4.78, 5) is 15.0. The van der Waals surface area contributed by atoms with Crippen LogP contribution in [0.25, 0.3) is 0 Å². The van der Waals surface area contributed by atoms with Gasteiger partial charge in [0.15, 0.2) is 18.9 Å². The van der Waals surface area contributed by atoms with Crippen LogP contribution in [0, 0.1) is 13.8 Å². The van der Waals surface area contributed by atoms with Gasteiger partial charge in [-0.2, -0.15) is 10.2 Å². The van der Waals surface area contributed by atoms with Crippen LogP contribution in [0.1, 0.15) is 87.2 Å². The van der Waals surface area contributed by atoms with Gasteiger partial charge in [-0.15, -0.1) is 17.0 Å². The van der Waals surface area contributed by atoms with Gasteiger partial charge in [0, 0.05) is 31.9 Å². The number of hydrogen-bond donors (Lipinski definition) is 0. The number of ether oxygens (including phenoxy) is 3. The summed E-state index contributed by atoms with van der Waals surface area (Å²) in [7, 11) is 4.04. The molecule has 50 heavy (non-hydrogen) atoms. The minimum atomic E-state index is -0.431. The third kappa shape index (κ3) is 13.9. The molecule has 0 aliphatic heterocycles. The second-order valence-electron chi connectivity index (χ2n) is 11.9. The van der Waals surface area contributed by atoms with Gasteiger partial charge in [-0.25, -0.2) is 9.36 Å². The van der Waals surface area contributed by atoms with Crippen LogP contribution in [0.2, 0.25) is 0 Å². The van der Waals surface area contributed by atoms with Crippen molar-refractivity contribution in [1.29, 1.82) is 0 Å². The van der Waals surface area contributed by atoms with Crippen molar-refractivity contribution in [2.24, 2.45) is 10.2 Å². The minimum Gasteiger partial charge on any atom is -0.494 e. The van der Waals surface area contributed by atoms with E-state index in [2.05, 4.69) is 38.8 Å². The number of anilines is 1. The number of carbonyl (C=O) groups is 1. The molecule has 0 bridgehead atoms. The number of halogens is 1. The van der Waals surface area contributed by atoms with Gasteiger partial charge in [-0.05, 0) is 92.1 Å². The van der Waals surface area contributed by atoms with E-state index in [1.807, 2.05) is 84.5 Å². The predicted octanol–water partition coefficient (Wildman–Crippen LogP) is 11.1. The van der Waals surface area contributed by atoms with E-state index in [1.165, 1.54) is 38.5 Å². The summed E-state index contributed by atoms with van der Waals surface area (Å²) in [6.45, 7) is 12.1. The molecular weight excluding hydrogens is 692 g/mol. The van der Waals surface area contributed by atoms with Crippen LogP contribution in [0.3, 0.4) is 0 Å². The van der Waals surface area contributed by atoms with Crippen molar-refractivity contribution in [1.82, 2.24) is 0 Å². The van der Waals surface area contributed by atoms with Gasteiger partial charge < -0.3 is 19.1 Å². The van der Waals surface area contributed by atoms with E-state index in [0.29, 0.717) is 30.2 Å². The van der Waals surface area contributed by atoms with Crippen molar-refractivity contribution >= 4 is 40.0 Å². The van der Waals surface area contributed by atoms with E-state index >= 15 is 0 Å². The van der Waals surface area contributed by atoms with Crippen LogP contribution in [-0.2, 0) is 6.54 Å². The Morgan fingerprint density at radius 3 is 1.90 bits per heavy atom. The number of rotatable bonds is 18. The maximum atomic E-state index is 12.9. The monoisotopic (exact) mass is 747 g/mol. The Balaban J connectivity index is 0.00000284. The number of hydrogen-bond acceptors (Lipinski definition) is 7. The van der Waals surface area contributed by atoms with Crippen LogP contribution in [0.5, 0.6) is 17.2 Å². The summed E-state index contributed by atoms with van der Waals surface area (Å²) in [5.74, 6) is 1.60. The number of aromatic nitrogens is 1. The first kappa shape index (κ1) is 41.9. The zero-order valence-corrected chi connectivity index (χ0v) is 32.7. The van der Waals surface area contributed by atoms with Gasteiger partial charge >= 0.3 is 5.97 Å². The van der Waals surface area contributed by atoms with Gasteiger partial charge in [-0.1, -0.05) is 59.3 Å². The number of esters is 1. The van der Waals surface area contributed by atoms with E-state index in [0.717, 1.165) is 47.0 Å². The summed E-state index contributed by atoms with van der Waals surface area (Å²) in [5.41, 5.74) is 4.78. The summed E-state index contributed by atoms with van der Waals surface area (Å²) < 4.78 is 19.6. The lowest BCUT2D eigenvalue weighted by Gasteiger charge is -2.12. The zero-order valence-electron chi connectivity index (χ0n) is 31.0. The molecule has 0 radical (unpaired) electrons. The van der Waals surface area contributed by atoms with Gasteiger partial charge in [0.2, 0.25) is 0 Å². The topological polar surface area (TPSA) is 76.6 Å². The molecule has 9 heteroatoms. The van der Waals surface area contributed by atoms with Crippen molar-refractivity contribution in [3.8, 4) is 17.2 Å². The highest BCUT2D eigenvalue weighted by Crippen LogP contribution is 2.31. The first-order chi connectivity index (χ1) is 23.8. The molecule has 1 heterocycles. The molecule has 0 fully saturated rings. The lowest BCUT2D eigenvalue weighted by atomic mass is 10.1. The summed E-state index contributed by atoms with van der Waals surface area (Å²) >= 11 is 0. The normalized spacial score (nSPS) is 10.5. The van der Waals surface area contributed by atoms with Gasteiger partial charge in [0.1, 0.15) is 23.9 Å². The molecule has 270 valence electrons. The molecular formula is C41H56BrN4O4+. The molecule has 1 aromatic heterocycles. The highest BCUT2D eigenvalue weighted by Gasteiger charge is 2.14. The fourth-order valence-corrected chi connectivity index (χ4v) is 4.98. The third-order valence-electron chi connectivity index (χ3n) is 8.14. The zero-order chi connectivity index (χ0) is 35.4. The Morgan fingerprint density at radius 2 is 1.28 bits per heavy atom. The molecule has 8 nitrogen and oxygen atoms in total. The standard InChI is InChI=1S/C39H49N4O4.C2H6.BrH/c1-6-7-8-9-10-11-12-28-45-36-19-15-33(16-20-36)40-41-37-21-22-38(31(3)30(37)2)47-39(44)32-13-17-35(18-14-32)46-29-27-43-25-23-34(24-26-43)42(4)5;1-2;/h13-26H,6-12,27-29H2,1-5H3;1-2H3;1H/q+1;;. The molecule has 0 unspecified atom stereocenters. The number of carbonyl (C=O) groups excluding carboxylic acids is 1. The number of unbranched alkanes of at least 4 members (excludes halogenated alkanes) is 6. The van der Waals surface area contributed by atoms with Crippen molar-refractivity contribution in [3.05, 3.63) is 102 Å². The fourth-order valence-electron chi connectivity index (χ4n) is 4.98. The molecule has 3 aromatic carbocycles. The van der Waals surface area contributed by atoms with Crippen LogP contribution in [0.15, 0.2) is 95.4 Å². The average molecular weight is 749 g/mol. The van der Waals surface area contributed by atoms with Gasteiger partial charge in [0.05, 0.1) is 23.5 Å². The summed E-state index contributed by atoms with van der Waals surface area (Å²) in [6.07, 6.45) is 12.9. The van der Waals surface area contributed by atoms with Gasteiger partial charge in [0.25, 0.3) is 0 Å². The number of pyridine rings is 1. The first-order valence-electron chi connectivity index (χ1n) is 17.7. The Labute approximate surface area is 310 Å². The molecule has 0 aliphatic rings. The third-order valence-corrected chi connectivity index (χ3v) is 8.14. The molecule has 0 saturated heterocycles. The SMILES string of the molecule is Br.CC.CCCCCCCCCOc1ccc(N=Nc2ccc(OC(=O)c3ccc(OCC[n+]4ccc(N(C)C)cc4)cc3)c(C)c2C)cc1. The maximum absolute atomic E-state index is 12.9. The molecule has 4 rings (SSSR count). The Kier molecular flexibility index (Phi) is 19.5. The number of azo groups is 1. The first-order valence-corrected chi connectivity index (χ1v) is 17.7. The number of benzene rings is 3. The number of nitrogens with zero attached hydrogens (tertiary/aromatic N) is 4. The van der Waals surface area contributed by atoms with E-state index in [9.17, 15) is 4.79 Å². The lowest BCUT2D eigenvalue weighted by Crippen LogP contribution is -2.35. The smallest absolute Gasteiger partial charge is 0.343 e. The summed E-state index contributed by atoms with van der Waals surface area (Å²) in [6, 6.07) is 22.4. The van der Waals surface area contributed by atoms with Crippen LogP contribution in [0.4, 0.5) is 17.1 Å². The van der Waals surface area contributed by atoms with Crippen LogP contribution >= 0.6 is 17.0 Å². The highest BCUT2D eigenvalue weighted by atomic mass is 79.9. The lowest BCUT2D eigenvalue weighted by molar-refractivity contribution is -0.697. The Bertz CT molecular complexity index is 1570. The van der Waals surface area contributed by atoms with Crippen molar-refractivity contribution < 1.29 is 23.6 Å². The molecule has 0 N–H and O–H groups in total. The van der Waals surface area contributed by atoms with E-state index in [-0.39, 0.29) is 17.0 Å². The molecule has 0 atom stereocenters. The van der Waals surface area contributed by atoms with Gasteiger partial charge in [-0.3, -0.25) is 0 Å². The highest BCUT2D eigenvalue weighted by molar-refractivity contribution is 8.93. The largest absolute Gasteiger partial charge is 0.494 e. The molecule has 4 aromatic rings. The van der Waals surface area contributed by atoms with E-state index < -0.39 is 5.97 Å². The quantitative estimate of drug-likeness (QED) is 0.0333. The second-order valence-corrected chi connectivity index (χ2v) is 11.9. The Morgan fingerprint density at radius 1 is 0.700 bits per heavy atom. The molecule has 0 saturated carbocycles. The molecule has 0 spiro atoms. The molecule has 0 aliphatic carbocycles. The van der Waals surface area contributed by atoms with Crippen molar-refractivity contribution in [2.45, 2.75) is 86.1 Å². The predicted molar refractivity (Wildman–Crippen MR) is 210 cm³/mol. The average Bonchev–Trinajstić information content (AvgIpc) is 3.13. The van der Waals surface area contributed by atoms with Crippen molar-refractivity contribution in [3.63, 3.8) is 0 Å². The fraction of sp³-hybridized carbons (Fsp3) is 0.415. The van der Waals surface area contributed by atoms with E-state index in [1.54, 1.807) is 30.3 Å². The van der Waals surface area contributed by atoms with E-state index in [4.69, 9.17) is 14.2 Å². The van der Waals surface area contributed by atoms with Crippen molar-refractivity contribution in [2.75, 3.05) is 32.2 Å². The maximum Gasteiger partial charge on any atom is 0.343 e. The van der Waals surface area contributed by atoms with Crippen LogP contribution in [-0.4, -0.2) is 33.3 Å².